The largest absolute Gasteiger partial charge is 0.350 e. The number of hydrogen-bond acceptors (Lipinski definition) is 4. The van der Waals surface area contributed by atoms with Crippen molar-refractivity contribution in [3.8, 4) is 0 Å². The number of rotatable bonds is 4. The van der Waals surface area contributed by atoms with Crippen LogP contribution in [-0.4, -0.2) is 58.3 Å². The fourth-order valence-electron chi connectivity index (χ4n) is 8.31. The molecule has 7 nitrogen and oxygen atoms in total. The summed E-state index contributed by atoms with van der Waals surface area (Å²) >= 11 is 0. The van der Waals surface area contributed by atoms with Crippen LogP contribution in [0.4, 0.5) is 0 Å². The first-order valence-electron chi connectivity index (χ1n) is 12.8. The van der Waals surface area contributed by atoms with Crippen molar-refractivity contribution < 1.29 is 9.59 Å². The predicted octanol–water partition coefficient (Wildman–Crippen LogP) is 2.71. The monoisotopic (exact) mass is 447 g/mol. The van der Waals surface area contributed by atoms with E-state index in [-0.39, 0.29) is 17.9 Å². The van der Waals surface area contributed by atoms with Gasteiger partial charge in [-0.05, 0) is 86.2 Å². The van der Waals surface area contributed by atoms with Crippen LogP contribution in [0.3, 0.4) is 0 Å². The van der Waals surface area contributed by atoms with Gasteiger partial charge in [-0.15, -0.1) is 0 Å². The molecular formula is C26H33N5O2. The van der Waals surface area contributed by atoms with E-state index in [1.807, 2.05) is 23.1 Å². The van der Waals surface area contributed by atoms with Gasteiger partial charge in [0, 0.05) is 38.4 Å². The number of aromatic nitrogens is 2. The Kier molecular flexibility index (Phi) is 4.13. The molecule has 6 atom stereocenters. The Morgan fingerprint density at radius 3 is 3.03 bits per heavy atom. The quantitative estimate of drug-likeness (QED) is 0.756. The van der Waals surface area contributed by atoms with Gasteiger partial charge >= 0.3 is 0 Å². The van der Waals surface area contributed by atoms with Crippen LogP contribution in [0, 0.1) is 28.6 Å². The highest BCUT2D eigenvalue weighted by molar-refractivity contribution is 5.95. The molecule has 1 aliphatic heterocycles. The first-order valence-corrected chi connectivity index (χ1v) is 12.8. The minimum Gasteiger partial charge on any atom is -0.350 e. The molecule has 0 aromatic carbocycles. The van der Waals surface area contributed by atoms with Crippen LogP contribution < -0.4 is 10.6 Å². The Labute approximate surface area is 194 Å². The zero-order valence-corrected chi connectivity index (χ0v) is 19.3. The van der Waals surface area contributed by atoms with Gasteiger partial charge in [-0.2, -0.15) is 0 Å². The van der Waals surface area contributed by atoms with Gasteiger partial charge in [0.15, 0.2) is 0 Å². The zero-order valence-electron chi connectivity index (χ0n) is 19.3. The number of hydrogen-bond donors (Lipinski definition) is 2. The number of nitrogens with zero attached hydrogens (tertiary/aromatic N) is 3. The van der Waals surface area contributed by atoms with Gasteiger partial charge < -0.3 is 15.5 Å². The predicted molar refractivity (Wildman–Crippen MR) is 124 cm³/mol. The molecule has 0 radical (unpaired) electrons. The molecule has 5 unspecified atom stereocenters. The number of nitrogens with one attached hydrogen (secondary N) is 2. The molecule has 2 bridgehead atoms. The lowest BCUT2D eigenvalue weighted by Gasteiger charge is -2.36. The third-order valence-electron chi connectivity index (χ3n) is 9.82. The molecular weight excluding hydrogens is 414 g/mol. The highest BCUT2D eigenvalue weighted by atomic mass is 16.2. The van der Waals surface area contributed by atoms with Crippen LogP contribution in [0.5, 0.6) is 0 Å². The van der Waals surface area contributed by atoms with Gasteiger partial charge in [-0.25, -0.2) is 4.98 Å². The topological polar surface area (TPSA) is 78.7 Å². The van der Waals surface area contributed by atoms with Gasteiger partial charge in [0.1, 0.15) is 17.0 Å². The van der Waals surface area contributed by atoms with E-state index in [1.165, 1.54) is 38.5 Å². The van der Waals surface area contributed by atoms with Crippen LogP contribution in [-0.2, 0) is 0 Å². The second-order valence-electron chi connectivity index (χ2n) is 11.7. The van der Waals surface area contributed by atoms with Crippen molar-refractivity contribution in [3.05, 3.63) is 35.8 Å². The summed E-state index contributed by atoms with van der Waals surface area (Å²) in [6.07, 6.45) is 9.97. The molecule has 5 aliphatic rings. The number of carbonyl (C=O) groups is 2. The van der Waals surface area contributed by atoms with E-state index in [4.69, 9.17) is 0 Å². The molecule has 7 rings (SSSR count). The molecule has 2 aromatic heterocycles. The number of imidazole rings is 1. The van der Waals surface area contributed by atoms with Crippen LogP contribution in [0.25, 0.3) is 5.65 Å². The van der Waals surface area contributed by atoms with Gasteiger partial charge in [0.05, 0.1) is 0 Å². The lowest BCUT2D eigenvalue weighted by Crippen LogP contribution is -2.51. The van der Waals surface area contributed by atoms with Crippen LogP contribution in [0.15, 0.2) is 24.4 Å². The van der Waals surface area contributed by atoms with Crippen molar-refractivity contribution in [2.75, 3.05) is 26.2 Å². The standard InChI is InChI=1S/C26H33N5O2/c1-16-13-30(8-7-27-16)24(33)20-14-31-21(3-2-4-22(31)29-20)23(32)28-15-25-9-17-5-6-26(19(17)12-25)11-18(26)10-25/h2-4,14,16-19,27H,5-13,15H2,1H3,(H,28,32)/t16-,17?,18?,19?,25?,26?/m1/s1. The van der Waals surface area contributed by atoms with E-state index in [2.05, 4.69) is 22.5 Å². The Hall–Kier alpha value is -2.41. The molecule has 174 valence electrons. The van der Waals surface area contributed by atoms with E-state index in [9.17, 15) is 9.59 Å². The molecule has 2 amide bonds. The van der Waals surface area contributed by atoms with Crippen molar-refractivity contribution in [2.24, 2.45) is 28.6 Å². The number of piperazine rings is 1. The van der Waals surface area contributed by atoms with Crippen LogP contribution in [0.1, 0.15) is 66.4 Å². The minimum absolute atomic E-state index is 0.0631. The summed E-state index contributed by atoms with van der Waals surface area (Å²) in [5, 5.41) is 6.65. The molecule has 4 saturated carbocycles. The molecule has 1 spiro atoms. The average molecular weight is 448 g/mol. The summed E-state index contributed by atoms with van der Waals surface area (Å²) in [7, 11) is 0. The van der Waals surface area contributed by atoms with Crippen LogP contribution >= 0.6 is 0 Å². The fourth-order valence-corrected chi connectivity index (χ4v) is 8.31. The third-order valence-corrected chi connectivity index (χ3v) is 9.82. The average Bonchev–Trinajstić information content (AvgIpc) is 3.09. The molecule has 3 heterocycles. The lowest BCUT2D eigenvalue weighted by atomic mass is 9.71. The van der Waals surface area contributed by atoms with Gasteiger partial charge in [-0.3, -0.25) is 14.0 Å². The van der Waals surface area contributed by atoms with Crippen molar-refractivity contribution in [1.29, 1.82) is 0 Å². The Balaban J connectivity index is 1.09. The highest BCUT2D eigenvalue weighted by Crippen LogP contribution is 2.79. The first kappa shape index (κ1) is 20.0. The maximum absolute atomic E-state index is 13.3. The second-order valence-corrected chi connectivity index (χ2v) is 11.7. The Morgan fingerprint density at radius 2 is 2.15 bits per heavy atom. The molecule has 1 saturated heterocycles. The van der Waals surface area contributed by atoms with Crippen LogP contribution in [0.2, 0.25) is 0 Å². The zero-order chi connectivity index (χ0) is 22.4. The smallest absolute Gasteiger partial charge is 0.274 e. The van der Waals surface area contributed by atoms with Gasteiger partial charge in [0.2, 0.25) is 0 Å². The number of amides is 2. The lowest BCUT2D eigenvalue weighted by molar-refractivity contribution is 0.0703. The molecule has 5 fully saturated rings. The number of fused-ring (bicyclic) bond motifs is 2. The third kappa shape index (κ3) is 2.94. The van der Waals surface area contributed by atoms with Gasteiger partial charge in [0.25, 0.3) is 11.8 Å². The summed E-state index contributed by atoms with van der Waals surface area (Å²) < 4.78 is 1.78. The maximum Gasteiger partial charge on any atom is 0.274 e. The molecule has 7 heteroatoms. The van der Waals surface area contributed by atoms with Crippen molar-refractivity contribution in [2.45, 2.75) is 51.5 Å². The van der Waals surface area contributed by atoms with E-state index in [0.717, 1.165) is 30.8 Å². The normalized spacial score (nSPS) is 38.4. The summed E-state index contributed by atoms with van der Waals surface area (Å²) in [5.41, 5.74) is 2.62. The molecule has 2 aromatic rings. The van der Waals surface area contributed by atoms with E-state index < -0.39 is 0 Å². The number of carbonyl (C=O) groups excluding carboxylic acids is 2. The summed E-state index contributed by atoms with van der Waals surface area (Å²) in [5.74, 6) is 2.61. The van der Waals surface area contributed by atoms with Gasteiger partial charge in [-0.1, -0.05) is 6.07 Å². The van der Waals surface area contributed by atoms with E-state index >= 15 is 0 Å². The second kappa shape index (κ2) is 6.81. The minimum atomic E-state index is -0.0649. The molecule has 2 N–H and O–H groups in total. The Bertz CT molecular complexity index is 1150. The molecule has 4 aliphatic carbocycles. The summed E-state index contributed by atoms with van der Waals surface area (Å²) in [6.45, 7) is 5.00. The summed E-state index contributed by atoms with van der Waals surface area (Å²) in [6, 6.07) is 5.82. The number of pyridine rings is 1. The maximum atomic E-state index is 13.3. The first-order chi connectivity index (χ1) is 16.0. The molecule has 33 heavy (non-hydrogen) atoms. The summed E-state index contributed by atoms with van der Waals surface area (Å²) in [4.78, 5) is 32.7. The van der Waals surface area contributed by atoms with Crippen molar-refractivity contribution in [1.82, 2.24) is 24.9 Å². The highest BCUT2D eigenvalue weighted by Gasteiger charge is 2.72. The SMILES string of the molecule is C[C@@H]1CN(C(=O)c2cn3c(C(=O)NCC45CC6CCC7(CC7C4)C6C5)cccc3n2)CCN1. The Morgan fingerprint density at radius 1 is 1.24 bits per heavy atom. The van der Waals surface area contributed by atoms with Crippen molar-refractivity contribution >= 4 is 17.5 Å². The van der Waals surface area contributed by atoms with E-state index in [0.29, 0.717) is 41.0 Å². The fraction of sp³-hybridized carbons (Fsp3) is 0.654. The van der Waals surface area contributed by atoms with E-state index in [1.54, 1.807) is 10.6 Å². The van der Waals surface area contributed by atoms with Crippen molar-refractivity contribution in [3.63, 3.8) is 0 Å².